The molecule has 0 aliphatic rings. The molecule has 0 radical (unpaired) electrons. The lowest BCUT2D eigenvalue weighted by molar-refractivity contribution is 0.752. The van der Waals surface area contributed by atoms with E-state index in [1.807, 2.05) is 6.07 Å². The molecule has 0 amide bonds. The second-order valence-corrected chi connectivity index (χ2v) is 1.32. The van der Waals surface area contributed by atoms with E-state index in [-0.39, 0.29) is 0 Å². The number of hydrogen-bond acceptors (Lipinski definition) is 3. The molecule has 8 heavy (non-hydrogen) atoms. The van der Waals surface area contributed by atoms with Gasteiger partial charge in [-0.2, -0.15) is 10.4 Å². The third-order valence-corrected chi connectivity index (χ3v) is 0.811. The largest absolute Gasteiger partial charge is 0.240 e. The molecule has 0 atom stereocenters. The van der Waals surface area contributed by atoms with E-state index in [4.69, 9.17) is 5.26 Å². The summed E-state index contributed by atoms with van der Waals surface area (Å²) in [6.45, 7) is 0. The van der Waals surface area contributed by atoms with Gasteiger partial charge in [-0.3, -0.25) is 0 Å². The summed E-state index contributed by atoms with van der Waals surface area (Å²) in [5.41, 5.74) is 0. The third kappa shape index (κ3) is 0.540. The summed E-state index contributed by atoms with van der Waals surface area (Å²) in [5, 5.41) is 11.9. The van der Waals surface area contributed by atoms with Crippen molar-refractivity contribution in [3.8, 4) is 6.07 Å². The molecule has 1 heterocycles. The van der Waals surface area contributed by atoms with Crippen LogP contribution in [0.4, 0.5) is 0 Å². The van der Waals surface area contributed by atoms with Crippen molar-refractivity contribution in [3.05, 3.63) is 12.2 Å². The van der Waals surface area contributed by atoms with E-state index in [0.717, 1.165) is 0 Å². The van der Waals surface area contributed by atoms with Gasteiger partial charge in [-0.25, -0.2) is 9.67 Å². The van der Waals surface area contributed by atoms with E-state index in [9.17, 15) is 0 Å². The average Bonchev–Trinajstić information content (AvgIpc) is 2.14. The van der Waals surface area contributed by atoms with Crippen LogP contribution in [0.15, 0.2) is 6.33 Å². The molecular formula is C4H4N4. The highest BCUT2D eigenvalue weighted by Gasteiger charge is 1.92. The Labute approximate surface area is 46.4 Å². The van der Waals surface area contributed by atoms with Crippen LogP contribution in [0.2, 0.25) is 0 Å². The van der Waals surface area contributed by atoms with Crippen LogP contribution >= 0.6 is 0 Å². The predicted octanol–water partition coefficient (Wildman–Crippen LogP) is -0.313. The fourth-order valence-electron chi connectivity index (χ4n) is 0.397. The average molecular weight is 108 g/mol. The van der Waals surface area contributed by atoms with Gasteiger partial charge in [0.15, 0.2) is 0 Å². The number of aryl methyl sites for hydroxylation is 1. The number of hydrogen-bond donors (Lipinski definition) is 0. The van der Waals surface area contributed by atoms with Gasteiger partial charge in [0.25, 0.3) is 0 Å². The lowest BCUT2D eigenvalue weighted by Gasteiger charge is -1.82. The zero-order valence-corrected chi connectivity index (χ0v) is 4.37. The van der Waals surface area contributed by atoms with Crippen LogP contribution in [0.25, 0.3) is 0 Å². The second kappa shape index (κ2) is 1.62. The van der Waals surface area contributed by atoms with Gasteiger partial charge in [-0.1, -0.05) is 0 Å². The maximum atomic E-state index is 8.23. The Morgan fingerprint density at radius 2 is 2.62 bits per heavy atom. The molecule has 0 bridgehead atoms. The summed E-state index contributed by atoms with van der Waals surface area (Å²) in [7, 11) is 1.67. The van der Waals surface area contributed by atoms with Crippen LogP contribution < -0.4 is 0 Å². The maximum Gasteiger partial charge on any atom is 0.230 e. The van der Waals surface area contributed by atoms with E-state index in [1.54, 1.807) is 7.05 Å². The van der Waals surface area contributed by atoms with Crippen LogP contribution in [-0.4, -0.2) is 14.8 Å². The van der Waals surface area contributed by atoms with Crippen molar-refractivity contribution < 1.29 is 0 Å². The molecule has 40 valence electrons. The first-order valence-corrected chi connectivity index (χ1v) is 2.08. The van der Waals surface area contributed by atoms with Gasteiger partial charge in [0.05, 0.1) is 0 Å². The van der Waals surface area contributed by atoms with Gasteiger partial charge in [0.2, 0.25) is 5.82 Å². The summed E-state index contributed by atoms with van der Waals surface area (Å²) >= 11 is 0. The first kappa shape index (κ1) is 4.78. The summed E-state index contributed by atoms with van der Waals surface area (Å²) in [6, 6.07) is 1.86. The lowest BCUT2D eigenvalue weighted by atomic mass is 10.7. The molecule has 1 rings (SSSR count). The van der Waals surface area contributed by atoms with E-state index < -0.39 is 0 Å². The van der Waals surface area contributed by atoms with Crippen LogP contribution in [0, 0.1) is 11.3 Å². The highest BCUT2D eigenvalue weighted by atomic mass is 15.3. The quantitative estimate of drug-likeness (QED) is 0.458. The molecule has 0 aliphatic heterocycles. The van der Waals surface area contributed by atoms with Gasteiger partial charge >= 0.3 is 0 Å². The summed E-state index contributed by atoms with van der Waals surface area (Å²) in [5.74, 6) is 0.338. The van der Waals surface area contributed by atoms with Crippen LogP contribution in [0.1, 0.15) is 5.82 Å². The SMILES string of the molecule is Cn1ncnc1C#N. The number of aromatic nitrogens is 3. The minimum Gasteiger partial charge on any atom is -0.240 e. The molecule has 0 aliphatic carbocycles. The predicted molar refractivity (Wildman–Crippen MR) is 25.7 cm³/mol. The zero-order chi connectivity index (χ0) is 5.98. The van der Waals surface area contributed by atoms with Crippen molar-refractivity contribution in [1.29, 1.82) is 5.26 Å². The van der Waals surface area contributed by atoms with Gasteiger partial charge < -0.3 is 0 Å². The molecule has 0 N–H and O–H groups in total. The van der Waals surface area contributed by atoms with Crippen molar-refractivity contribution in [2.24, 2.45) is 7.05 Å². The van der Waals surface area contributed by atoms with E-state index in [1.165, 1.54) is 11.0 Å². The molecule has 4 nitrogen and oxygen atoms in total. The van der Waals surface area contributed by atoms with Gasteiger partial charge in [0, 0.05) is 7.05 Å². The number of rotatable bonds is 0. The first-order valence-electron chi connectivity index (χ1n) is 2.08. The van der Waals surface area contributed by atoms with Crippen LogP contribution in [0.5, 0.6) is 0 Å². The smallest absolute Gasteiger partial charge is 0.230 e. The summed E-state index contributed by atoms with van der Waals surface area (Å²) in [4.78, 5) is 3.62. The van der Waals surface area contributed by atoms with Gasteiger partial charge in [0.1, 0.15) is 12.4 Å². The van der Waals surface area contributed by atoms with Crippen LogP contribution in [0.3, 0.4) is 0 Å². The normalized spacial score (nSPS) is 8.50. The topological polar surface area (TPSA) is 54.5 Å². The van der Waals surface area contributed by atoms with Crippen molar-refractivity contribution in [2.45, 2.75) is 0 Å². The number of nitriles is 1. The van der Waals surface area contributed by atoms with Crippen molar-refractivity contribution >= 4 is 0 Å². The molecule has 0 saturated heterocycles. The standard InChI is InChI=1S/C4H4N4/c1-8-4(2-5)6-3-7-8/h3H,1H3. The molecule has 0 spiro atoms. The maximum absolute atomic E-state index is 8.23. The monoisotopic (exact) mass is 108 g/mol. The zero-order valence-electron chi connectivity index (χ0n) is 4.37. The highest BCUT2D eigenvalue weighted by molar-refractivity contribution is 5.06. The van der Waals surface area contributed by atoms with Gasteiger partial charge in [-0.05, 0) is 0 Å². The van der Waals surface area contributed by atoms with E-state index >= 15 is 0 Å². The van der Waals surface area contributed by atoms with E-state index in [0.29, 0.717) is 5.82 Å². The molecule has 0 fully saturated rings. The second-order valence-electron chi connectivity index (χ2n) is 1.32. The minimum atomic E-state index is 0.338. The van der Waals surface area contributed by atoms with Crippen LogP contribution in [-0.2, 0) is 7.05 Å². The Morgan fingerprint density at radius 3 is 2.88 bits per heavy atom. The van der Waals surface area contributed by atoms with E-state index in [2.05, 4.69) is 10.1 Å². The summed E-state index contributed by atoms with van der Waals surface area (Å²) in [6.07, 6.45) is 1.35. The van der Waals surface area contributed by atoms with Gasteiger partial charge in [-0.15, -0.1) is 0 Å². The molecule has 1 aromatic heterocycles. The molecule has 0 aromatic carbocycles. The molecule has 4 heteroatoms. The molecular weight excluding hydrogens is 104 g/mol. The number of nitrogens with zero attached hydrogens (tertiary/aromatic N) is 4. The fourth-order valence-corrected chi connectivity index (χ4v) is 0.397. The third-order valence-electron chi connectivity index (χ3n) is 0.811. The Kier molecular flexibility index (Phi) is 0.968. The Bertz CT molecular complexity index is 218. The van der Waals surface area contributed by atoms with Crippen molar-refractivity contribution in [1.82, 2.24) is 14.8 Å². The molecule has 0 unspecified atom stereocenters. The molecule has 0 saturated carbocycles. The lowest BCUT2D eigenvalue weighted by Crippen LogP contribution is -1.93. The minimum absolute atomic E-state index is 0.338. The van der Waals surface area contributed by atoms with Crippen molar-refractivity contribution in [3.63, 3.8) is 0 Å². The Balaban J connectivity index is 3.15. The summed E-state index contributed by atoms with van der Waals surface area (Å²) < 4.78 is 1.42. The first-order chi connectivity index (χ1) is 3.84. The Morgan fingerprint density at radius 1 is 1.88 bits per heavy atom. The van der Waals surface area contributed by atoms with Crippen molar-refractivity contribution in [2.75, 3.05) is 0 Å². The molecule has 1 aromatic rings. The Hall–Kier alpha value is -1.37. The highest BCUT2D eigenvalue weighted by Crippen LogP contribution is 1.83. The fraction of sp³-hybridized carbons (Fsp3) is 0.250.